The highest BCUT2D eigenvalue weighted by Crippen LogP contribution is 2.15. The lowest BCUT2D eigenvalue weighted by Crippen LogP contribution is -2.12. The molecule has 1 aromatic heterocycles. The summed E-state index contributed by atoms with van der Waals surface area (Å²) >= 11 is 0. The SMILES string of the molecule is O=CC1C=C(c2cccnc2)NO1. The second-order valence-electron chi connectivity index (χ2n) is 2.64. The lowest BCUT2D eigenvalue weighted by atomic mass is 10.2. The third kappa shape index (κ3) is 1.57. The Hall–Kier alpha value is -1.68. The summed E-state index contributed by atoms with van der Waals surface area (Å²) in [5.41, 5.74) is 4.36. The van der Waals surface area contributed by atoms with Crippen molar-refractivity contribution in [1.82, 2.24) is 10.5 Å². The molecule has 2 heterocycles. The van der Waals surface area contributed by atoms with Crippen molar-refractivity contribution < 1.29 is 9.63 Å². The highest BCUT2D eigenvalue weighted by atomic mass is 16.7. The molecular weight excluding hydrogens is 168 g/mol. The van der Waals surface area contributed by atoms with Crippen molar-refractivity contribution in [1.29, 1.82) is 0 Å². The van der Waals surface area contributed by atoms with Crippen molar-refractivity contribution in [2.24, 2.45) is 0 Å². The molecule has 1 aromatic rings. The summed E-state index contributed by atoms with van der Waals surface area (Å²) in [6.45, 7) is 0. The molecule has 0 saturated heterocycles. The summed E-state index contributed by atoms with van der Waals surface area (Å²) in [5.74, 6) is 0. The average molecular weight is 176 g/mol. The molecule has 0 saturated carbocycles. The van der Waals surface area contributed by atoms with Crippen molar-refractivity contribution in [3.8, 4) is 0 Å². The van der Waals surface area contributed by atoms with Gasteiger partial charge in [0.1, 0.15) is 0 Å². The van der Waals surface area contributed by atoms with Gasteiger partial charge >= 0.3 is 0 Å². The van der Waals surface area contributed by atoms with E-state index in [1.807, 2.05) is 12.1 Å². The topological polar surface area (TPSA) is 51.2 Å². The van der Waals surface area contributed by atoms with E-state index in [4.69, 9.17) is 4.84 Å². The van der Waals surface area contributed by atoms with Gasteiger partial charge in [0.2, 0.25) is 0 Å². The maximum Gasteiger partial charge on any atom is 0.161 e. The summed E-state index contributed by atoms with van der Waals surface area (Å²) in [4.78, 5) is 19.2. The number of aldehydes is 1. The molecule has 4 nitrogen and oxygen atoms in total. The molecule has 0 aliphatic carbocycles. The number of pyridine rings is 1. The highest BCUT2D eigenvalue weighted by Gasteiger charge is 2.15. The number of carbonyl (C=O) groups excluding carboxylic acids is 1. The van der Waals surface area contributed by atoms with Crippen molar-refractivity contribution >= 4 is 12.0 Å². The third-order valence-electron chi connectivity index (χ3n) is 1.74. The van der Waals surface area contributed by atoms with E-state index in [1.54, 1.807) is 18.5 Å². The van der Waals surface area contributed by atoms with Gasteiger partial charge in [-0.05, 0) is 18.2 Å². The van der Waals surface area contributed by atoms with E-state index in [1.165, 1.54) is 0 Å². The van der Waals surface area contributed by atoms with Gasteiger partial charge in [0.15, 0.2) is 12.4 Å². The van der Waals surface area contributed by atoms with Gasteiger partial charge in [-0.25, -0.2) is 0 Å². The molecule has 4 heteroatoms. The van der Waals surface area contributed by atoms with Gasteiger partial charge in [0, 0.05) is 18.0 Å². The fourth-order valence-corrected chi connectivity index (χ4v) is 1.11. The molecule has 1 aliphatic rings. The van der Waals surface area contributed by atoms with Crippen LogP contribution in [0, 0.1) is 0 Å². The van der Waals surface area contributed by atoms with E-state index in [0.29, 0.717) is 0 Å². The summed E-state index contributed by atoms with van der Waals surface area (Å²) in [6, 6.07) is 3.72. The first-order valence-electron chi connectivity index (χ1n) is 3.89. The molecule has 0 fully saturated rings. The lowest BCUT2D eigenvalue weighted by Gasteiger charge is -2.01. The Morgan fingerprint density at radius 3 is 3.15 bits per heavy atom. The first kappa shape index (κ1) is 7.94. The van der Waals surface area contributed by atoms with Gasteiger partial charge < -0.3 is 0 Å². The van der Waals surface area contributed by atoms with E-state index >= 15 is 0 Å². The number of aromatic nitrogens is 1. The van der Waals surface area contributed by atoms with Crippen molar-refractivity contribution in [3.63, 3.8) is 0 Å². The molecule has 1 atom stereocenters. The minimum absolute atomic E-state index is 0.491. The molecule has 0 aromatic carbocycles. The summed E-state index contributed by atoms with van der Waals surface area (Å²) in [6.07, 6.45) is 5.35. The number of hydrogen-bond donors (Lipinski definition) is 1. The zero-order valence-electron chi connectivity index (χ0n) is 6.81. The predicted molar refractivity (Wildman–Crippen MR) is 46.3 cm³/mol. The molecule has 1 unspecified atom stereocenters. The van der Waals surface area contributed by atoms with Crippen LogP contribution in [0.1, 0.15) is 5.56 Å². The van der Waals surface area contributed by atoms with Crippen LogP contribution in [-0.4, -0.2) is 17.4 Å². The number of carbonyl (C=O) groups is 1. The van der Waals surface area contributed by atoms with Crippen LogP contribution in [-0.2, 0) is 9.63 Å². The number of hydrogen-bond acceptors (Lipinski definition) is 4. The Bertz CT molecular complexity index is 335. The van der Waals surface area contributed by atoms with Crippen LogP contribution < -0.4 is 5.48 Å². The van der Waals surface area contributed by atoms with Crippen LogP contribution in [0.3, 0.4) is 0 Å². The smallest absolute Gasteiger partial charge is 0.161 e. The van der Waals surface area contributed by atoms with Gasteiger partial charge in [-0.3, -0.25) is 20.1 Å². The summed E-state index contributed by atoms with van der Waals surface area (Å²) in [5, 5.41) is 0. The van der Waals surface area contributed by atoms with Crippen LogP contribution in [0.5, 0.6) is 0 Å². The zero-order valence-corrected chi connectivity index (χ0v) is 6.81. The Kier molecular flexibility index (Phi) is 2.06. The van der Waals surface area contributed by atoms with Gasteiger partial charge in [-0.2, -0.15) is 0 Å². The van der Waals surface area contributed by atoms with Crippen LogP contribution in [0.15, 0.2) is 30.6 Å². The largest absolute Gasteiger partial charge is 0.300 e. The number of nitrogens with one attached hydrogen (secondary N) is 1. The Morgan fingerprint density at radius 2 is 2.54 bits per heavy atom. The van der Waals surface area contributed by atoms with Gasteiger partial charge in [-0.1, -0.05) is 0 Å². The lowest BCUT2D eigenvalue weighted by molar-refractivity contribution is -0.116. The number of rotatable bonds is 2. The Morgan fingerprint density at radius 1 is 1.62 bits per heavy atom. The predicted octanol–water partition coefficient (Wildman–Crippen LogP) is 0.525. The van der Waals surface area contributed by atoms with Crippen molar-refractivity contribution in [2.45, 2.75) is 6.10 Å². The fourth-order valence-electron chi connectivity index (χ4n) is 1.11. The van der Waals surface area contributed by atoms with Gasteiger partial charge in [0.25, 0.3) is 0 Å². The number of hydroxylamine groups is 1. The number of nitrogens with zero attached hydrogens (tertiary/aromatic N) is 1. The third-order valence-corrected chi connectivity index (χ3v) is 1.74. The molecule has 1 aliphatic heterocycles. The maximum atomic E-state index is 10.4. The minimum atomic E-state index is -0.491. The van der Waals surface area contributed by atoms with E-state index in [0.717, 1.165) is 17.5 Å². The molecule has 13 heavy (non-hydrogen) atoms. The van der Waals surface area contributed by atoms with Crippen LogP contribution in [0.25, 0.3) is 5.70 Å². The summed E-state index contributed by atoms with van der Waals surface area (Å²) < 4.78 is 0. The first-order valence-corrected chi connectivity index (χ1v) is 3.89. The molecule has 2 rings (SSSR count). The van der Waals surface area contributed by atoms with Crippen LogP contribution in [0.2, 0.25) is 0 Å². The first-order chi connectivity index (χ1) is 6.40. The van der Waals surface area contributed by atoms with Crippen molar-refractivity contribution in [3.05, 3.63) is 36.2 Å². The normalized spacial score (nSPS) is 20.6. The molecule has 66 valence electrons. The molecule has 0 radical (unpaired) electrons. The standard InChI is InChI=1S/C9H8N2O2/c12-6-8-4-9(11-13-8)7-2-1-3-10-5-7/h1-6,8,11H. The molecule has 0 spiro atoms. The van der Waals surface area contributed by atoms with Gasteiger partial charge in [0.05, 0.1) is 5.70 Å². The van der Waals surface area contributed by atoms with Crippen LogP contribution in [0.4, 0.5) is 0 Å². The van der Waals surface area contributed by atoms with Crippen molar-refractivity contribution in [2.75, 3.05) is 0 Å². The van der Waals surface area contributed by atoms with E-state index in [9.17, 15) is 4.79 Å². The van der Waals surface area contributed by atoms with E-state index in [-0.39, 0.29) is 0 Å². The quantitative estimate of drug-likeness (QED) is 0.667. The zero-order chi connectivity index (χ0) is 9.10. The van der Waals surface area contributed by atoms with Crippen LogP contribution >= 0.6 is 0 Å². The second-order valence-corrected chi connectivity index (χ2v) is 2.64. The molecule has 0 bridgehead atoms. The monoisotopic (exact) mass is 176 g/mol. The minimum Gasteiger partial charge on any atom is -0.300 e. The Balaban J connectivity index is 2.24. The molecular formula is C9H8N2O2. The van der Waals surface area contributed by atoms with E-state index in [2.05, 4.69) is 10.5 Å². The fraction of sp³-hybridized carbons (Fsp3) is 0.111. The molecule has 1 N–H and O–H groups in total. The Labute approximate surface area is 75.2 Å². The summed E-state index contributed by atoms with van der Waals surface area (Å²) in [7, 11) is 0. The molecule has 0 amide bonds. The average Bonchev–Trinajstić information content (AvgIpc) is 2.67. The highest BCUT2D eigenvalue weighted by molar-refractivity contribution is 5.71. The second kappa shape index (κ2) is 3.37. The maximum absolute atomic E-state index is 10.4. The van der Waals surface area contributed by atoms with Gasteiger partial charge in [-0.15, -0.1) is 0 Å². The van der Waals surface area contributed by atoms with E-state index < -0.39 is 6.10 Å².